The van der Waals surface area contributed by atoms with Crippen LogP contribution in [0, 0.1) is 0 Å². The van der Waals surface area contributed by atoms with Gasteiger partial charge in [-0.15, -0.1) is 11.3 Å². The number of hydrogen-bond donors (Lipinski definition) is 2. The normalized spacial score (nSPS) is 27.1. The Morgan fingerprint density at radius 3 is 2.80 bits per heavy atom. The molecule has 1 aromatic heterocycles. The van der Waals surface area contributed by atoms with E-state index in [2.05, 4.69) is 58.2 Å². The van der Waals surface area contributed by atoms with E-state index in [1.165, 1.54) is 4.88 Å². The number of aliphatic hydroxyl groups excluding tert-OH is 1. The lowest BCUT2D eigenvalue weighted by Gasteiger charge is -2.35. The van der Waals surface area contributed by atoms with Gasteiger partial charge in [-0.3, -0.25) is 4.90 Å². The number of halogens is 1. The number of likely N-dealkylation sites (N-methyl/N-ethyl adjacent to an activating group) is 1. The summed E-state index contributed by atoms with van der Waals surface area (Å²) in [6.07, 6.45) is 0.582. The monoisotopic (exact) mass is 361 g/mol. The van der Waals surface area contributed by atoms with Crippen molar-refractivity contribution in [3.63, 3.8) is 0 Å². The van der Waals surface area contributed by atoms with Crippen LogP contribution in [0.2, 0.25) is 0 Å². The molecule has 3 N–H and O–H groups in total. The van der Waals surface area contributed by atoms with E-state index in [0.29, 0.717) is 12.6 Å². The second kappa shape index (κ2) is 6.85. The summed E-state index contributed by atoms with van der Waals surface area (Å²) in [6, 6.07) is 2.72. The first-order chi connectivity index (χ1) is 9.38. The van der Waals surface area contributed by atoms with Gasteiger partial charge in [0.25, 0.3) is 0 Å². The minimum absolute atomic E-state index is 0.0375. The van der Waals surface area contributed by atoms with Crippen molar-refractivity contribution in [3.05, 3.63) is 20.8 Å². The van der Waals surface area contributed by atoms with Crippen LogP contribution in [0.1, 0.15) is 24.3 Å². The van der Waals surface area contributed by atoms with E-state index in [0.717, 1.165) is 17.4 Å². The molecule has 4 unspecified atom stereocenters. The van der Waals surface area contributed by atoms with Gasteiger partial charge in [0.1, 0.15) is 0 Å². The highest BCUT2D eigenvalue weighted by Crippen LogP contribution is 2.36. The smallest absolute Gasteiger partial charge is 0.0682 e. The first-order valence-electron chi connectivity index (χ1n) is 6.96. The zero-order chi connectivity index (χ0) is 14.9. The van der Waals surface area contributed by atoms with Crippen LogP contribution in [-0.4, -0.2) is 60.3 Å². The standard InChI is InChI=1S/C14H24BrN3OS/c1-9(16)14(13-4-10(15)8-20-13)18-7-12(19)5-11(18)6-17(2)3/h4,8-9,11-12,14,19H,5-7,16H2,1-3H3. The Morgan fingerprint density at radius 2 is 2.30 bits per heavy atom. The Kier molecular flexibility index (Phi) is 5.62. The van der Waals surface area contributed by atoms with Gasteiger partial charge in [0, 0.05) is 39.9 Å². The van der Waals surface area contributed by atoms with Crippen molar-refractivity contribution in [1.82, 2.24) is 9.80 Å². The predicted octanol–water partition coefficient (Wildman–Crippen LogP) is 1.90. The molecule has 0 radical (unpaired) electrons. The molecule has 0 aromatic carbocycles. The summed E-state index contributed by atoms with van der Waals surface area (Å²) in [5.74, 6) is 0. The van der Waals surface area contributed by atoms with E-state index in [-0.39, 0.29) is 18.2 Å². The molecule has 0 spiro atoms. The summed E-state index contributed by atoms with van der Waals surface area (Å²) >= 11 is 5.25. The van der Waals surface area contributed by atoms with Crippen molar-refractivity contribution >= 4 is 27.3 Å². The zero-order valence-electron chi connectivity index (χ0n) is 12.3. The Hall–Kier alpha value is 0.0200. The minimum atomic E-state index is -0.246. The van der Waals surface area contributed by atoms with E-state index < -0.39 is 0 Å². The summed E-state index contributed by atoms with van der Waals surface area (Å²) in [4.78, 5) is 5.83. The van der Waals surface area contributed by atoms with Crippen LogP contribution in [0.5, 0.6) is 0 Å². The van der Waals surface area contributed by atoms with E-state index in [1.54, 1.807) is 11.3 Å². The molecule has 4 atom stereocenters. The molecule has 114 valence electrons. The van der Waals surface area contributed by atoms with Crippen molar-refractivity contribution in [3.8, 4) is 0 Å². The molecule has 1 saturated heterocycles. The average Bonchev–Trinajstić information content (AvgIpc) is 2.86. The average molecular weight is 362 g/mol. The maximum atomic E-state index is 10.1. The second-order valence-electron chi connectivity index (χ2n) is 5.97. The highest BCUT2D eigenvalue weighted by atomic mass is 79.9. The van der Waals surface area contributed by atoms with Gasteiger partial charge < -0.3 is 15.7 Å². The molecule has 0 amide bonds. The van der Waals surface area contributed by atoms with Crippen LogP contribution < -0.4 is 5.73 Å². The number of nitrogens with zero attached hydrogens (tertiary/aromatic N) is 2. The number of rotatable bonds is 5. The Bertz CT molecular complexity index is 438. The molecule has 1 aromatic rings. The maximum absolute atomic E-state index is 10.1. The van der Waals surface area contributed by atoms with Gasteiger partial charge in [-0.1, -0.05) is 0 Å². The van der Waals surface area contributed by atoms with Crippen LogP contribution in [0.3, 0.4) is 0 Å². The molecule has 2 heterocycles. The second-order valence-corrected chi connectivity index (χ2v) is 7.83. The Morgan fingerprint density at radius 1 is 1.60 bits per heavy atom. The maximum Gasteiger partial charge on any atom is 0.0682 e. The van der Waals surface area contributed by atoms with Crippen LogP contribution in [0.15, 0.2) is 15.9 Å². The van der Waals surface area contributed by atoms with Crippen molar-refractivity contribution in [2.45, 2.75) is 37.6 Å². The van der Waals surface area contributed by atoms with Crippen molar-refractivity contribution < 1.29 is 5.11 Å². The Balaban J connectivity index is 2.23. The third-order valence-corrected chi connectivity index (χ3v) is 5.51. The number of hydrogen-bond acceptors (Lipinski definition) is 5. The zero-order valence-corrected chi connectivity index (χ0v) is 14.7. The van der Waals surface area contributed by atoms with Gasteiger partial charge in [0.15, 0.2) is 0 Å². The fourth-order valence-electron chi connectivity index (χ4n) is 3.07. The van der Waals surface area contributed by atoms with Crippen molar-refractivity contribution in [2.75, 3.05) is 27.2 Å². The van der Waals surface area contributed by atoms with Crippen molar-refractivity contribution in [2.24, 2.45) is 5.73 Å². The van der Waals surface area contributed by atoms with Crippen LogP contribution >= 0.6 is 27.3 Å². The fraction of sp³-hybridized carbons (Fsp3) is 0.714. The van der Waals surface area contributed by atoms with Gasteiger partial charge in [-0.25, -0.2) is 0 Å². The SMILES string of the molecule is CC(N)C(c1cc(Br)cs1)N1CC(O)CC1CN(C)C. The molecule has 1 aliphatic rings. The summed E-state index contributed by atoms with van der Waals surface area (Å²) < 4.78 is 1.10. The van der Waals surface area contributed by atoms with Gasteiger partial charge in [-0.2, -0.15) is 0 Å². The Labute approximate surface area is 133 Å². The molecule has 1 fully saturated rings. The van der Waals surface area contributed by atoms with Gasteiger partial charge in [-0.05, 0) is 49.4 Å². The minimum Gasteiger partial charge on any atom is -0.392 e. The molecule has 0 bridgehead atoms. The number of aliphatic hydroxyl groups is 1. The van der Waals surface area contributed by atoms with Crippen LogP contribution in [-0.2, 0) is 0 Å². The lowest BCUT2D eigenvalue weighted by molar-refractivity contribution is 0.125. The molecule has 0 saturated carbocycles. The molecule has 1 aliphatic heterocycles. The number of nitrogens with two attached hydrogens (primary N) is 1. The quantitative estimate of drug-likeness (QED) is 0.840. The highest BCUT2D eigenvalue weighted by molar-refractivity contribution is 9.10. The molecular weight excluding hydrogens is 338 g/mol. The first kappa shape index (κ1) is 16.4. The van der Waals surface area contributed by atoms with Gasteiger partial charge >= 0.3 is 0 Å². The molecular formula is C14H24BrN3OS. The predicted molar refractivity (Wildman–Crippen MR) is 88.1 cm³/mol. The number of likely N-dealkylation sites (tertiary alicyclic amines) is 1. The number of β-amino-alcohol motifs (C(OH)–C–C–N with tert-alkyl or cyclic N) is 1. The molecule has 6 heteroatoms. The van der Waals surface area contributed by atoms with Crippen LogP contribution in [0.4, 0.5) is 0 Å². The summed E-state index contributed by atoms with van der Waals surface area (Å²) in [7, 11) is 4.15. The molecule has 2 rings (SSSR count). The lowest BCUT2D eigenvalue weighted by Crippen LogP contribution is -2.45. The third kappa shape index (κ3) is 3.81. The van der Waals surface area contributed by atoms with E-state index in [4.69, 9.17) is 5.73 Å². The largest absolute Gasteiger partial charge is 0.392 e. The third-order valence-electron chi connectivity index (χ3n) is 3.75. The van der Waals surface area contributed by atoms with E-state index in [9.17, 15) is 5.11 Å². The van der Waals surface area contributed by atoms with Crippen LogP contribution in [0.25, 0.3) is 0 Å². The summed E-state index contributed by atoms with van der Waals surface area (Å²) in [6.45, 7) is 3.71. The van der Waals surface area contributed by atoms with Gasteiger partial charge in [0.05, 0.1) is 12.1 Å². The summed E-state index contributed by atoms with van der Waals surface area (Å²) in [5, 5.41) is 12.2. The topological polar surface area (TPSA) is 52.7 Å². The van der Waals surface area contributed by atoms with E-state index >= 15 is 0 Å². The molecule has 4 nitrogen and oxygen atoms in total. The first-order valence-corrected chi connectivity index (χ1v) is 8.63. The molecule has 20 heavy (non-hydrogen) atoms. The van der Waals surface area contributed by atoms with Crippen molar-refractivity contribution in [1.29, 1.82) is 0 Å². The summed E-state index contributed by atoms with van der Waals surface area (Å²) in [5.41, 5.74) is 6.25. The van der Waals surface area contributed by atoms with E-state index in [1.807, 2.05) is 0 Å². The fourth-order valence-corrected chi connectivity index (χ4v) is 4.75. The number of thiophene rings is 1. The molecule has 0 aliphatic carbocycles. The van der Waals surface area contributed by atoms with Gasteiger partial charge in [0.2, 0.25) is 0 Å². The lowest BCUT2D eigenvalue weighted by atomic mass is 10.1. The highest BCUT2D eigenvalue weighted by Gasteiger charge is 2.38.